The van der Waals surface area contributed by atoms with Crippen molar-refractivity contribution in [3.05, 3.63) is 12.7 Å². The number of halogens is 18. The molecule has 0 aromatic rings. The monoisotopic (exact) mass is 608 g/mol. The van der Waals surface area contributed by atoms with Gasteiger partial charge in [-0.05, 0) is 6.42 Å². The van der Waals surface area contributed by atoms with Crippen LogP contribution in [-0.4, -0.2) is 67.3 Å². The summed E-state index contributed by atoms with van der Waals surface area (Å²) in [6.45, 7) is -2.63. The van der Waals surface area contributed by atoms with Gasteiger partial charge in [0, 0.05) is 6.08 Å². The van der Waals surface area contributed by atoms with Crippen molar-refractivity contribution in [1.82, 2.24) is 0 Å². The Balaban J connectivity index is 7.30. The van der Waals surface area contributed by atoms with E-state index < -0.39 is 85.5 Å². The molecule has 3 nitrogen and oxygen atoms in total. The average Bonchev–Trinajstić information content (AvgIpc) is 2.69. The molecule has 0 spiro atoms. The zero-order chi connectivity index (χ0) is 31.0. The molecule has 226 valence electrons. The van der Waals surface area contributed by atoms with Crippen LogP contribution in [0.15, 0.2) is 12.7 Å². The molecule has 2 unspecified atom stereocenters. The van der Waals surface area contributed by atoms with Crippen LogP contribution in [0.1, 0.15) is 13.3 Å². The number of carbonyl (C=O) groups excluding carboxylic acids is 1. The maximum absolute atomic E-state index is 14.9. The van der Waals surface area contributed by atoms with E-state index in [4.69, 9.17) is 0 Å². The minimum Gasteiger partial charge on any atom is -0.462 e. The van der Waals surface area contributed by atoms with E-state index >= 15 is 0 Å². The van der Waals surface area contributed by atoms with Gasteiger partial charge in [-0.25, -0.2) is 18.0 Å². The van der Waals surface area contributed by atoms with Crippen LogP contribution >= 0.6 is 0 Å². The Labute approximate surface area is 199 Å². The topological polar surface area (TPSA) is 35.5 Å². The number of ether oxygens (including phenoxy) is 2. The van der Waals surface area contributed by atoms with Crippen LogP contribution in [0, 0.1) is 11.8 Å². The van der Waals surface area contributed by atoms with Crippen molar-refractivity contribution in [3.63, 3.8) is 0 Å². The van der Waals surface area contributed by atoms with Gasteiger partial charge in [0.15, 0.2) is 0 Å². The highest BCUT2D eigenvalue weighted by molar-refractivity contribution is 5.81. The minimum absolute atomic E-state index is 0.241. The number of esters is 1. The maximum Gasteiger partial charge on any atom is 0.448 e. The molecular formula is C17H14F18O3. The summed E-state index contributed by atoms with van der Waals surface area (Å²) in [7, 11) is 0. The molecule has 0 N–H and O–H groups in total. The van der Waals surface area contributed by atoms with Gasteiger partial charge < -0.3 is 9.47 Å². The SMILES string of the molecule is C=CC(=O)OCC(CC)C(F)(OCC(C(F)(C(F)(F)F)C(F)(F)F)C(F)(C(F)(F)F)C(F)(F)F)C(F)(F)F. The highest BCUT2D eigenvalue weighted by Gasteiger charge is 2.88. The van der Waals surface area contributed by atoms with Crippen molar-refractivity contribution in [2.24, 2.45) is 11.8 Å². The number of alkyl halides is 18. The van der Waals surface area contributed by atoms with Crippen molar-refractivity contribution < 1.29 is 93.3 Å². The van der Waals surface area contributed by atoms with Gasteiger partial charge in [-0.3, -0.25) is 0 Å². The lowest BCUT2D eigenvalue weighted by Crippen LogP contribution is -2.72. The van der Waals surface area contributed by atoms with Gasteiger partial charge in [0.05, 0.1) is 18.4 Å². The molecule has 21 heteroatoms. The molecule has 0 rings (SSSR count). The lowest BCUT2D eigenvalue weighted by atomic mass is 9.75. The summed E-state index contributed by atoms with van der Waals surface area (Å²) in [4.78, 5) is 11.0. The Bertz CT molecular complexity index is 754. The van der Waals surface area contributed by atoms with Crippen molar-refractivity contribution in [1.29, 1.82) is 0 Å². The van der Waals surface area contributed by atoms with E-state index in [2.05, 4.69) is 16.1 Å². The first-order chi connectivity index (χ1) is 16.5. The average molecular weight is 608 g/mol. The fraction of sp³-hybridized carbons (Fsp3) is 0.824. The number of rotatable bonds is 10. The van der Waals surface area contributed by atoms with Crippen LogP contribution in [0.5, 0.6) is 0 Å². The van der Waals surface area contributed by atoms with Crippen LogP contribution < -0.4 is 0 Å². The Morgan fingerprint density at radius 3 is 1.24 bits per heavy atom. The zero-order valence-electron chi connectivity index (χ0n) is 18.1. The standard InChI is InChI=1S/C17H14F18O3/c1-3-7(5-37-9(36)4-2)12(20,17(33,34)35)38-6-8(10(18,13(21,22)23)14(24,25)26)11(19,15(27,28)29)16(30,31)32/h4,7-8H,2-3,5-6H2,1H3. The molecular weight excluding hydrogens is 594 g/mol. The Kier molecular flexibility index (Phi) is 10.2. The second-order valence-electron chi connectivity index (χ2n) is 7.36. The van der Waals surface area contributed by atoms with E-state index in [-0.39, 0.29) is 6.08 Å². The molecule has 0 aromatic carbocycles. The first-order valence-corrected chi connectivity index (χ1v) is 9.34. The molecule has 0 aliphatic heterocycles. The van der Waals surface area contributed by atoms with Crippen molar-refractivity contribution in [2.75, 3.05) is 13.2 Å². The van der Waals surface area contributed by atoms with Gasteiger partial charge in [-0.1, -0.05) is 13.5 Å². The van der Waals surface area contributed by atoms with Crippen LogP contribution in [0.2, 0.25) is 0 Å². The van der Waals surface area contributed by atoms with Gasteiger partial charge in [0.25, 0.3) is 0 Å². The van der Waals surface area contributed by atoms with E-state index in [0.717, 1.165) is 0 Å². The molecule has 0 aliphatic carbocycles. The van der Waals surface area contributed by atoms with Crippen molar-refractivity contribution in [3.8, 4) is 0 Å². The lowest BCUT2D eigenvalue weighted by Gasteiger charge is -2.45. The fourth-order valence-electron chi connectivity index (χ4n) is 2.98. The molecule has 0 saturated carbocycles. The normalized spacial score (nSPS) is 17.3. The van der Waals surface area contributed by atoms with Gasteiger partial charge >= 0.3 is 54.0 Å². The Morgan fingerprint density at radius 2 is 1.00 bits per heavy atom. The van der Waals surface area contributed by atoms with Crippen molar-refractivity contribution in [2.45, 2.75) is 61.4 Å². The van der Waals surface area contributed by atoms with Gasteiger partial charge in [0.2, 0.25) is 0 Å². The highest BCUT2D eigenvalue weighted by Crippen LogP contribution is 2.61. The number of hydrogen-bond donors (Lipinski definition) is 0. The van der Waals surface area contributed by atoms with Gasteiger partial charge in [-0.2, -0.15) is 65.9 Å². The molecule has 0 bridgehead atoms. The summed E-state index contributed by atoms with van der Waals surface area (Å²) in [5.74, 6) is -16.9. The third-order valence-corrected chi connectivity index (χ3v) is 5.07. The van der Waals surface area contributed by atoms with Crippen molar-refractivity contribution >= 4 is 5.97 Å². The molecule has 0 heterocycles. The molecule has 0 fully saturated rings. The minimum atomic E-state index is -7.91. The fourth-order valence-corrected chi connectivity index (χ4v) is 2.98. The van der Waals surface area contributed by atoms with Crippen LogP contribution in [0.25, 0.3) is 0 Å². The Morgan fingerprint density at radius 1 is 0.658 bits per heavy atom. The van der Waals surface area contributed by atoms with E-state index in [9.17, 15) is 83.8 Å². The van der Waals surface area contributed by atoms with E-state index in [1.807, 2.05) is 0 Å². The summed E-state index contributed by atoms with van der Waals surface area (Å²) in [5, 5.41) is 0. The second-order valence-corrected chi connectivity index (χ2v) is 7.36. The highest BCUT2D eigenvalue weighted by atomic mass is 19.4. The Hall–Kier alpha value is -2.09. The summed E-state index contributed by atoms with van der Waals surface area (Å²) < 4.78 is 248. The van der Waals surface area contributed by atoms with E-state index in [0.29, 0.717) is 6.92 Å². The maximum atomic E-state index is 14.9. The zero-order valence-corrected chi connectivity index (χ0v) is 18.1. The molecule has 38 heavy (non-hydrogen) atoms. The number of carbonyl (C=O) groups is 1. The molecule has 0 aliphatic rings. The largest absolute Gasteiger partial charge is 0.462 e. The molecule has 0 amide bonds. The molecule has 0 radical (unpaired) electrons. The second kappa shape index (κ2) is 10.8. The van der Waals surface area contributed by atoms with E-state index in [1.54, 1.807) is 0 Å². The predicted molar refractivity (Wildman–Crippen MR) is 86.2 cm³/mol. The van der Waals surface area contributed by atoms with Crippen LogP contribution in [0.3, 0.4) is 0 Å². The quantitative estimate of drug-likeness (QED) is 0.149. The molecule has 0 saturated heterocycles. The third-order valence-electron chi connectivity index (χ3n) is 5.07. The first kappa shape index (κ1) is 35.9. The summed E-state index contributed by atoms with van der Waals surface area (Å²) in [6.07, 6.45) is -39.4. The third kappa shape index (κ3) is 6.37. The summed E-state index contributed by atoms with van der Waals surface area (Å²) in [5.41, 5.74) is -15.8. The smallest absolute Gasteiger partial charge is 0.448 e. The molecule has 2 atom stereocenters. The summed E-state index contributed by atoms with van der Waals surface area (Å²) in [6, 6.07) is 0. The first-order valence-electron chi connectivity index (χ1n) is 9.34. The lowest BCUT2D eigenvalue weighted by molar-refractivity contribution is -0.431. The predicted octanol–water partition coefficient (Wildman–Crippen LogP) is 7.27. The van der Waals surface area contributed by atoms with Crippen LogP contribution in [0.4, 0.5) is 79.0 Å². The summed E-state index contributed by atoms with van der Waals surface area (Å²) >= 11 is 0. The molecule has 0 aromatic heterocycles. The number of hydrogen-bond acceptors (Lipinski definition) is 3. The van der Waals surface area contributed by atoms with E-state index in [1.165, 1.54) is 0 Å². The van der Waals surface area contributed by atoms with Crippen LogP contribution in [-0.2, 0) is 14.3 Å². The van der Waals surface area contributed by atoms with Gasteiger partial charge in [0.1, 0.15) is 6.61 Å². The van der Waals surface area contributed by atoms with Gasteiger partial charge in [-0.15, -0.1) is 0 Å².